The van der Waals surface area contributed by atoms with Crippen LogP contribution in [0.4, 0.5) is 0 Å². The van der Waals surface area contributed by atoms with Crippen LogP contribution >= 0.6 is 0 Å². The van der Waals surface area contributed by atoms with Crippen LogP contribution < -0.4 is 4.74 Å². The fraction of sp³-hybridized carbons (Fsp3) is 0.0588. The largest absolute Gasteiger partial charge is 0.497 e. The number of benzene rings is 3. The standard InChI is InChI=1S/C17H10N2O/c1-20-11-6-7-14-15(8-11)12-4-2-3-5-13(12)16(9-18)17(14)10-19/h2-8H,1H3. The number of rotatable bonds is 1. The van der Waals surface area contributed by atoms with E-state index in [2.05, 4.69) is 12.1 Å². The smallest absolute Gasteiger partial charge is 0.119 e. The van der Waals surface area contributed by atoms with Gasteiger partial charge in [0.1, 0.15) is 17.9 Å². The maximum atomic E-state index is 9.40. The van der Waals surface area contributed by atoms with Gasteiger partial charge in [-0.2, -0.15) is 10.5 Å². The molecule has 0 heterocycles. The monoisotopic (exact) mass is 258 g/mol. The van der Waals surface area contributed by atoms with Crippen LogP contribution in [-0.2, 0) is 0 Å². The molecular weight excluding hydrogens is 248 g/mol. The van der Waals surface area contributed by atoms with Gasteiger partial charge in [0, 0.05) is 10.8 Å². The average Bonchev–Trinajstić information content (AvgIpc) is 2.52. The van der Waals surface area contributed by atoms with Crippen LogP contribution in [0.1, 0.15) is 11.1 Å². The molecule has 0 aromatic heterocycles. The molecule has 3 heteroatoms. The Morgan fingerprint density at radius 2 is 1.40 bits per heavy atom. The van der Waals surface area contributed by atoms with Crippen LogP contribution in [-0.4, -0.2) is 7.11 Å². The molecule has 3 nitrogen and oxygen atoms in total. The summed E-state index contributed by atoms with van der Waals surface area (Å²) in [4.78, 5) is 0. The third-order valence-electron chi connectivity index (χ3n) is 3.46. The summed E-state index contributed by atoms with van der Waals surface area (Å²) in [5.74, 6) is 0.733. The SMILES string of the molecule is COc1ccc2c(C#N)c(C#N)c3ccccc3c2c1. The quantitative estimate of drug-likeness (QED) is 0.625. The Kier molecular flexibility index (Phi) is 2.75. The van der Waals surface area contributed by atoms with Crippen molar-refractivity contribution in [3.05, 3.63) is 53.6 Å². The molecule has 0 saturated carbocycles. The summed E-state index contributed by atoms with van der Waals surface area (Å²) in [7, 11) is 1.61. The summed E-state index contributed by atoms with van der Waals surface area (Å²) >= 11 is 0. The van der Waals surface area contributed by atoms with Crippen molar-refractivity contribution in [3.8, 4) is 17.9 Å². The molecule has 0 atom stereocenters. The van der Waals surface area contributed by atoms with Crippen molar-refractivity contribution in [2.45, 2.75) is 0 Å². The molecule has 0 fully saturated rings. The van der Waals surface area contributed by atoms with Gasteiger partial charge in [-0.1, -0.05) is 24.3 Å². The molecule has 0 radical (unpaired) electrons. The summed E-state index contributed by atoms with van der Waals surface area (Å²) in [6.07, 6.45) is 0. The second kappa shape index (κ2) is 4.57. The summed E-state index contributed by atoms with van der Waals surface area (Å²) in [5, 5.41) is 22.2. The van der Waals surface area contributed by atoms with E-state index in [1.165, 1.54) is 0 Å². The Labute approximate surface area is 116 Å². The average molecular weight is 258 g/mol. The van der Waals surface area contributed by atoms with Crippen molar-refractivity contribution < 1.29 is 4.74 Å². The van der Waals surface area contributed by atoms with E-state index in [1.807, 2.05) is 36.4 Å². The molecule has 94 valence electrons. The predicted octanol–water partition coefficient (Wildman–Crippen LogP) is 3.74. The third-order valence-corrected chi connectivity index (χ3v) is 3.46. The molecule has 3 rings (SSSR count). The summed E-state index contributed by atoms with van der Waals surface area (Å²) in [5.41, 5.74) is 0.851. The Hall–Kier alpha value is -3.04. The highest BCUT2D eigenvalue weighted by atomic mass is 16.5. The molecular formula is C17H10N2O. The van der Waals surface area contributed by atoms with Gasteiger partial charge in [0.05, 0.1) is 18.2 Å². The first kappa shape index (κ1) is 12.0. The minimum absolute atomic E-state index is 0.420. The molecule has 0 spiro atoms. The number of nitrogens with zero attached hydrogens (tertiary/aromatic N) is 2. The van der Waals surface area contributed by atoms with E-state index in [9.17, 15) is 10.5 Å². The van der Waals surface area contributed by atoms with E-state index in [0.29, 0.717) is 11.1 Å². The lowest BCUT2D eigenvalue weighted by molar-refractivity contribution is 0.415. The first-order valence-electron chi connectivity index (χ1n) is 6.12. The number of hydrogen-bond donors (Lipinski definition) is 0. The fourth-order valence-electron chi connectivity index (χ4n) is 2.53. The molecule has 3 aromatic rings. The highest BCUT2D eigenvalue weighted by Crippen LogP contribution is 2.34. The Balaban J connectivity index is 2.64. The summed E-state index contributed by atoms with van der Waals surface area (Å²) in [6, 6.07) is 17.5. The molecule has 0 saturated heterocycles. The molecule has 0 aliphatic carbocycles. The van der Waals surface area contributed by atoms with Gasteiger partial charge in [0.2, 0.25) is 0 Å². The van der Waals surface area contributed by atoms with E-state index < -0.39 is 0 Å². The normalized spacial score (nSPS) is 10.2. The van der Waals surface area contributed by atoms with Crippen molar-refractivity contribution in [2.24, 2.45) is 0 Å². The second-order valence-corrected chi connectivity index (χ2v) is 4.43. The van der Waals surface area contributed by atoms with Crippen LogP contribution in [0, 0.1) is 22.7 Å². The number of hydrogen-bond acceptors (Lipinski definition) is 3. The topological polar surface area (TPSA) is 56.8 Å². The Bertz CT molecular complexity index is 914. The highest BCUT2D eigenvalue weighted by molar-refractivity contribution is 6.13. The summed E-state index contributed by atoms with van der Waals surface area (Å²) < 4.78 is 5.25. The van der Waals surface area contributed by atoms with E-state index in [0.717, 1.165) is 27.3 Å². The van der Waals surface area contributed by atoms with Gasteiger partial charge in [0.25, 0.3) is 0 Å². The Morgan fingerprint density at radius 3 is 2.00 bits per heavy atom. The van der Waals surface area contributed by atoms with Crippen LogP contribution in [0.25, 0.3) is 21.5 Å². The lowest BCUT2D eigenvalue weighted by Crippen LogP contribution is -1.91. The zero-order chi connectivity index (χ0) is 14.1. The number of nitriles is 2. The molecule has 20 heavy (non-hydrogen) atoms. The van der Waals surface area contributed by atoms with E-state index in [-0.39, 0.29) is 0 Å². The van der Waals surface area contributed by atoms with Crippen LogP contribution in [0.5, 0.6) is 5.75 Å². The first-order chi connectivity index (χ1) is 9.80. The lowest BCUT2D eigenvalue weighted by atomic mass is 9.92. The van der Waals surface area contributed by atoms with E-state index in [1.54, 1.807) is 13.2 Å². The van der Waals surface area contributed by atoms with E-state index in [4.69, 9.17) is 4.74 Å². The highest BCUT2D eigenvalue weighted by Gasteiger charge is 2.14. The summed E-state index contributed by atoms with van der Waals surface area (Å²) in [6.45, 7) is 0. The van der Waals surface area contributed by atoms with Crippen LogP contribution in [0.15, 0.2) is 42.5 Å². The maximum absolute atomic E-state index is 9.40. The van der Waals surface area contributed by atoms with Gasteiger partial charge in [-0.25, -0.2) is 0 Å². The lowest BCUT2D eigenvalue weighted by Gasteiger charge is -2.10. The molecule has 0 unspecified atom stereocenters. The molecule has 0 bridgehead atoms. The fourth-order valence-corrected chi connectivity index (χ4v) is 2.53. The van der Waals surface area contributed by atoms with Crippen molar-refractivity contribution in [3.63, 3.8) is 0 Å². The second-order valence-electron chi connectivity index (χ2n) is 4.43. The molecule has 0 amide bonds. The van der Waals surface area contributed by atoms with Gasteiger partial charge in [-0.15, -0.1) is 0 Å². The van der Waals surface area contributed by atoms with Crippen LogP contribution in [0.3, 0.4) is 0 Å². The van der Waals surface area contributed by atoms with Crippen molar-refractivity contribution in [1.82, 2.24) is 0 Å². The Morgan fingerprint density at radius 1 is 0.800 bits per heavy atom. The first-order valence-corrected chi connectivity index (χ1v) is 6.12. The van der Waals surface area contributed by atoms with E-state index >= 15 is 0 Å². The minimum atomic E-state index is 0.420. The molecule has 3 aromatic carbocycles. The van der Waals surface area contributed by atoms with Crippen LogP contribution in [0.2, 0.25) is 0 Å². The predicted molar refractivity (Wildman–Crippen MR) is 77.4 cm³/mol. The molecule has 0 aliphatic rings. The van der Waals surface area contributed by atoms with Gasteiger partial charge in [-0.3, -0.25) is 0 Å². The van der Waals surface area contributed by atoms with Gasteiger partial charge < -0.3 is 4.74 Å². The minimum Gasteiger partial charge on any atom is -0.497 e. The van der Waals surface area contributed by atoms with Gasteiger partial charge >= 0.3 is 0 Å². The van der Waals surface area contributed by atoms with Gasteiger partial charge in [-0.05, 0) is 29.0 Å². The maximum Gasteiger partial charge on any atom is 0.119 e. The molecule has 0 aliphatic heterocycles. The third kappa shape index (κ3) is 1.58. The van der Waals surface area contributed by atoms with Crippen molar-refractivity contribution in [1.29, 1.82) is 10.5 Å². The van der Waals surface area contributed by atoms with Crippen molar-refractivity contribution in [2.75, 3.05) is 7.11 Å². The molecule has 0 N–H and O–H groups in total. The van der Waals surface area contributed by atoms with Crippen molar-refractivity contribution >= 4 is 21.5 Å². The van der Waals surface area contributed by atoms with Gasteiger partial charge in [0.15, 0.2) is 0 Å². The number of ether oxygens (including phenoxy) is 1. The zero-order valence-electron chi connectivity index (χ0n) is 10.8. The number of fused-ring (bicyclic) bond motifs is 3. The number of methoxy groups -OCH3 is 1. The zero-order valence-corrected chi connectivity index (χ0v) is 10.8.